The van der Waals surface area contributed by atoms with Crippen molar-refractivity contribution in [1.82, 2.24) is 4.98 Å². The van der Waals surface area contributed by atoms with Crippen molar-refractivity contribution in [2.75, 3.05) is 0 Å². The third-order valence-electron chi connectivity index (χ3n) is 3.16. The first-order chi connectivity index (χ1) is 9.15. The Morgan fingerprint density at radius 2 is 2.00 bits per heavy atom. The number of para-hydroxylation sites is 1. The van der Waals surface area contributed by atoms with Gasteiger partial charge in [-0.1, -0.05) is 29.8 Å². The van der Waals surface area contributed by atoms with Crippen molar-refractivity contribution < 1.29 is 0 Å². The van der Waals surface area contributed by atoms with Crippen LogP contribution in [0.25, 0.3) is 10.9 Å². The van der Waals surface area contributed by atoms with Gasteiger partial charge in [0, 0.05) is 10.3 Å². The minimum Gasteiger partial charge on any atom is -0.318 e. The van der Waals surface area contributed by atoms with Crippen LogP contribution in [-0.4, -0.2) is 4.98 Å². The van der Waals surface area contributed by atoms with Gasteiger partial charge < -0.3 is 5.73 Å². The summed E-state index contributed by atoms with van der Waals surface area (Å²) in [5.74, 6) is 0. The molecule has 0 bridgehead atoms. The summed E-state index contributed by atoms with van der Waals surface area (Å²) >= 11 is 7.46. The molecule has 1 aromatic carbocycles. The Morgan fingerprint density at radius 3 is 2.74 bits per heavy atom. The Hall–Kier alpha value is -1.42. The summed E-state index contributed by atoms with van der Waals surface area (Å²) in [6, 6.07) is 13.8. The van der Waals surface area contributed by atoms with Gasteiger partial charge in [-0.25, -0.2) is 0 Å². The molecule has 0 radical (unpaired) electrons. The second-order valence-corrected chi connectivity index (χ2v) is 6.25. The molecule has 2 N–H and O–H groups in total. The molecule has 0 aliphatic heterocycles. The number of rotatable bonds is 2. The number of thiophene rings is 1. The van der Waals surface area contributed by atoms with Crippen molar-refractivity contribution in [3.05, 3.63) is 62.9 Å². The van der Waals surface area contributed by atoms with E-state index in [9.17, 15) is 0 Å². The fourth-order valence-corrected chi connectivity index (χ4v) is 3.25. The summed E-state index contributed by atoms with van der Waals surface area (Å²) in [6.07, 6.45) is 0. The molecule has 0 saturated carbocycles. The van der Waals surface area contributed by atoms with E-state index in [-0.39, 0.29) is 6.04 Å². The second-order valence-electron chi connectivity index (χ2n) is 4.50. The number of pyridine rings is 1. The van der Waals surface area contributed by atoms with E-state index in [0.29, 0.717) is 0 Å². The number of fused-ring (bicyclic) bond motifs is 1. The lowest BCUT2D eigenvalue weighted by Crippen LogP contribution is -2.12. The van der Waals surface area contributed by atoms with Gasteiger partial charge in [-0.2, -0.15) is 0 Å². The molecule has 96 valence electrons. The van der Waals surface area contributed by atoms with Crippen LogP contribution >= 0.6 is 22.9 Å². The van der Waals surface area contributed by atoms with Crippen LogP contribution in [0.3, 0.4) is 0 Å². The fourth-order valence-electron chi connectivity index (χ4n) is 2.18. The van der Waals surface area contributed by atoms with Gasteiger partial charge in [0.05, 0.1) is 21.6 Å². The molecule has 1 unspecified atom stereocenters. The quantitative estimate of drug-likeness (QED) is 0.763. The van der Waals surface area contributed by atoms with Crippen LogP contribution < -0.4 is 5.73 Å². The van der Waals surface area contributed by atoms with Gasteiger partial charge >= 0.3 is 0 Å². The van der Waals surface area contributed by atoms with Gasteiger partial charge in [0.2, 0.25) is 0 Å². The van der Waals surface area contributed by atoms with E-state index in [4.69, 9.17) is 17.3 Å². The Balaban J connectivity index is 2.10. The average molecular weight is 289 g/mol. The number of nitrogens with zero attached hydrogens (tertiary/aromatic N) is 1. The van der Waals surface area contributed by atoms with Crippen LogP contribution in [0.15, 0.2) is 42.5 Å². The molecule has 2 aromatic heterocycles. The predicted octanol–water partition coefficient (Wildman–Crippen LogP) is 4.31. The van der Waals surface area contributed by atoms with Gasteiger partial charge in [0.15, 0.2) is 0 Å². The third kappa shape index (κ3) is 2.37. The number of aromatic nitrogens is 1. The maximum absolute atomic E-state index is 6.28. The predicted molar refractivity (Wildman–Crippen MR) is 81.8 cm³/mol. The standard InChI is InChI=1S/C15H13ClN2S/c1-9-8-12(15(17)13-6-7-14(16)19-13)18-11-5-3-2-4-10(9)11/h2-8,15H,17H2,1H3. The second kappa shape index (κ2) is 4.93. The number of halogens is 1. The molecule has 1 atom stereocenters. The van der Waals surface area contributed by atoms with Crippen LogP contribution in [0.2, 0.25) is 4.34 Å². The Morgan fingerprint density at radius 1 is 1.21 bits per heavy atom. The third-order valence-corrected chi connectivity index (χ3v) is 4.48. The van der Waals surface area contributed by atoms with Gasteiger partial charge in [-0.15, -0.1) is 11.3 Å². The van der Waals surface area contributed by atoms with Crippen LogP contribution in [0.4, 0.5) is 0 Å². The molecule has 19 heavy (non-hydrogen) atoms. The van der Waals surface area contributed by atoms with Crippen molar-refractivity contribution in [1.29, 1.82) is 0 Å². The number of aryl methyl sites for hydroxylation is 1. The van der Waals surface area contributed by atoms with Crippen LogP contribution in [0, 0.1) is 6.92 Å². The molecular weight excluding hydrogens is 276 g/mol. The zero-order valence-corrected chi connectivity index (χ0v) is 12.0. The molecule has 0 saturated heterocycles. The van der Waals surface area contributed by atoms with Gasteiger partial charge in [-0.3, -0.25) is 4.98 Å². The van der Waals surface area contributed by atoms with Crippen molar-refractivity contribution in [2.45, 2.75) is 13.0 Å². The summed E-state index contributed by atoms with van der Waals surface area (Å²) < 4.78 is 0.753. The lowest BCUT2D eigenvalue weighted by atomic mass is 10.1. The highest BCUT2D eigenvalue weighted by atomic mass is 35.5. The van der Waals surface area contributed by atoms with Gasteiger partial charge in [0.1, 0.15) is 0 Å². The van der Waals surface area contributed by atoms with E-state index < -0.39 is 0 Å². The molecule has 0 fully saturated rings. The fraction of sp³-hybridized carbons (Fsp3) is 0.133. The topological polar surface area (TPSA) is 38.9 Å². The molecule has 0 aliphatic rings. The van der Waals surface area contributed by atoms with Gasteiger partial charge in [0.25, 0.3) is 0 Å². The van der Waals surface area contributed by atoms with E-state index in [1.807, 2.05) is 30.3 Å². The van der Waals surface area contributed by atoms with E-state index in [1.165, 1.54) is 22.3 Å². The van der Waals surface area contributed by atoms with Crippen molar-refractivity contribution in [3.63, 3.8) is 0 Å². The molecule has 3 aromatic rings. The number of hydrogen-bond donors (Lipinski definition) is 1. The normalized spacial score (nSPS) is 12.8. The van der Waals surface area contributed by atoms with Crippen LogP contribution in [-0.2, 0) is 0 Å². The lowest BCUT2D eigenvalue weighted by Gasteiger charge is -2.12. The first kappa shape index (κ1) is 12.6. The zero-order valence-electron chi connectivity index (χ0n) is 10.4. The van der Waals surface area contributed by atoms with E-state index in [1.54, 1.807) is 0 Å². The molecule has 2 heterocycles. The van der Waals surface area contributed by atoms with Crippen LogP contribution in [0.5, 0.6) is 0 Å². The number of nitrogens with two attached hydrogens (primary N) is 1. The summed E-state index contributed by atoms with van der Waals surface area (Å²) in [5.41, 5.74) is 9.34. The summed E-state index contributed by atoms with van der Waals surface area (Å²) in [5, 5.41) is 1.17. The zero-order chi connectivity index (χ0) is 13.4. The van der Waals surface area contributed by atoms with E-state index >= 15 is 0 Å². The highest BCUT2D eigenvalue weighted by molar-refractivity contribution is 7.16. The number of hydrogen-bond acceptors (Lipinski definition) is 3. The highest BCUT2D eigenvalue weighted by Gasteiger charge is 2.14. The van der Waals surface area contributed by atoms with Crippen LogP contribution in [0.1, 0.15) is 22.2 Å². The molecule has 3 rings (SSSR count). The largest absolute Gasteiger partial charge is 0.318 e. The maximum Gasteiger partial charge on any atom is 0.0931 e. The lowest BCUT2D eigenvalue weighted by molar-refractivity contribution is 0.853. The molecule has 0 aliphatic carbocycles. The molecular formula is C15H13ClN2S. The van der Waals surface area contributed by atoms with E-state index in [2.05, 4.69) is 24.0 Å². The summed E-state index contributed by atoms with van der Waals surface area (Å²) in [6.45, 7) is 2.08. The number of benzene rings is 1. The average Bonchev–Trinajstić information content (AvgIpc) is 2.84. The Bertz CT molecular complexity index is 736. The minimum atomic E-state index is -0.221. The van der Waals surface area contributed by atoms with Gasteiger partial charge in [-0.05, 0) is 36.8 Å². The molecule has 0 spiro atoms. The smallest absolute Gasteiger partial charge is 0.0931 e. The molecule has 0 amide bonds. The Kier molecular flexibility index (Phi) is 3.27. The first-order valence-corrected chi connectivity index (χ1v) is 7.21. The molecule has 4 heteroatoms. The van der Waals surface area contributed by atoms with Crippen molar-refractivity contribution in [2.24, 2.45) is 5.73 Å². The first-order valence-electron chi connectivity index (χ1n) is 6.02. The van der Waals surface area contributed by atoms with E-state index in [0.717, 1.165) is 20.4 Å². The minimum absolute atomic E-state index is 0.221. The van der Waals surface area contributed by atoms with Crippen molar-refractivity contribution in [3.8, 4) is 0 Å². The Labute approximate surface area is 120 Å². The van der Waals surface area contributed by atoms with Crippen molar-refractivity contribution >= 4 is 33.8 Å². The summed E-state index contributed by atoms with van der Waals surface area (Å²) in [7, 11) is 0. The summed E-state index contributed by atoms with van der Waals surface area (Å²) in [4.78, 5) is 5.69. The highest BCUT2D eigenvalue weighted by Crippen LogP contribution is 2.30. The molecule has 2 nitrogen and oxygen atoms in total. The monoisotopic (exact) mass is 288 g/mol. The SMILES string of the molecule is Cc1cc(C(N)c2ccc(Cl)s2)nc2ccccc12. The maximum atomic E-state index is 6.28.